The first-order valence-electron chi connectivity index (χ1n) is 33.6. The van der Waals surface area contributed by atoms with Gasteiger partial charge in [0.15, 0.2) is 29.6 Å². The molecule has 0 aliphatic heterocycles. The molecule has 0 aliphatic rings. The predicted molar refractivity (Wildman–Crippen MR) is 463 cm³/mol. The average molecular weight is 1550 g/mol. The molecule has 15 nitrogen and oxygen atoms in total. The molecule has 0 fully saturated rings. The van der Waals surface area contributed by atoms with Gasteiger partial charge in [-0.2, -0.15) is 15.8 Å². The van der Waals surface area contributed by atoms with E-state index in [9.17, 15) is 19.2 Å². The average Bonchev–Trinajstić information content (AvgIpc) is 1.73. The van der Waals surface area contributed by atoms with Gasteiger partial charge >= 0.3 is 0 Å². The van der Waals surface area contributed by atoms with Crippen molar-refractivity contribution in [1.29, 1.82) is 15.8 Å². The number of furan rings is 2. The van der Waals surface area contributed by atoms with Crippen molar-refractivity contribution in [3.8, 4) is 18.2 Å². The summed E-state index contributed by atoms with van der Waals surface area (Å²) in [5, 5.41) is 42.2. The van der Waals surface area contributed by atoms with Crippen LogP contribution >= 0.6 is 45.3 Å². The molecule has 14 rings (SSSR count). The molecule has 0 bridgehead atoms. The van der Waals surface area contributed by atoms with Crippen LogP contribution in [0.2, 0.25) is 0 Å². The van der Waals surface area contributed by atoms with E-state index in [4.69, 9.17) is 36.3 Å². The summed E-state index contributed by atoms with van der Waals surface area (Å²) in [7, 11) is 0. The number of benzene rings is 7. The second-order valence-corrected chi connectivity index (χ2v) is 26.1. The van der Waals surface area contributed by atoms with Crippen LogP contribution in [0.15, 0.2) is 335 Å². The highest BCUT2D eigenvalue weighted by molar-refractivity contribution is 7.20. The van der Waals surface area contributed by atoms with Crippen LogP contribution in [0.4, 0.5) is 0 Å². The normalized spacial score (nSPS) is 10.2. The van der Waals surface area contributed by atoms with Gasteiger partial charge in [-0.25, -0.2) is 14.8 Å². The molecule has 0 amide bonds. The second-order valence-electron chi connectivity index (χ2n) is 22.0. The number of carbonyl (C=O) groups excluding carboxylic acids is 4. The zero-order valence-electron chi connectivity index (χ0n) is 61.1. The highest BCUT2D eigenvalue weighted by Gasteiger charge is 2.03. The summed E-state index contributed by atoms with van der Waals surface area (Å²) in [5.41, 5.74) is 11.1. The summed E-state index contributed by atoms with van der Waals surface area (Å²) < 4.78 is 22.3. The Bertz CT molecular complexity index is 5140. The molecular weight excluding hydrogens is 1470 g/mol. The van der Waals surface area contributed by atoms with Crippen LogP contribution in [0.25, 0.3) is 95.8 Å². The first kappa shape index (κ1) is 88.2. The van der Waals surface area contributed by atoms with Gasteiger partial charge in [-0.05, 0) is 161 Å². The minimum Gasteiger partial charge on any atom is -0.462 e. The number of ether oxygens (including phenoxy) is 1. The monoisotopic (exact) mass is 1550 g/mol. The number of aliphatic hydroxyl groups excluding tert-OH is 1. The number of thiophene rings is 3. The summed E-state index contributed by atoms with van der Waals surface area (Å²) >= 11 is 6.52. The number of rotatable bonds is 18. The number of allylic oxidation sites excluding steroid dienone is 5. The molecule has 7 heterocycles. The summed E-state index contributed by atoms with van der Waals surface area (Å²) in [6.07, 6.45) is 22.3. The minimum atomic E-state index is -0.0462. The number of hydrogen-bond acceptors (Lipinski definition) is 18. The van der Waals surface area contributed by atoms with E-state index in [0.29, 0.717) is 52.4 Å². The summed E-state index contributed by atoms with van der Waals surface area (Å²) in [6, 6.07) is 75.1. The fourth-order valence-corrected chi connectivity index (χ4v) is 11.6. The molecule has 112 heavy (non-hydrogen) atoms. The van der Waals surface area contributed by atoms with Crippen LogP contribution in [0.3, 0.4) is 0 Å². The van der Waals surface area contributed by atoms with E-state index in [0.717, 1.165) is 82.9 Å². The number of carbonyl (C=O) groups is 4. The Kier molecular flexibility index (Phi) is 40.8. The number of aldehydes is 3. The number of thiazole rings is 1. The lowest BCUT2D eigenvalue weighted by molar-refractivity contribution is -0.127. The summed E-state index contributed by atoms with van der Waals surface area (Å²) in [4.78, 5) is 54.9. The maximum Gasteiger partial charge on any atom is 0.293 e. The van der Waals surface area contributed by atoms with Crippen molar-refractivity contribution in [1.82, 2.24) is 9.97 Å². The molecule has 1 N–H and O–H groups in total. The lowest BCUT2D eigenvalue weighted by atomic mass is 10.1. The standard InChI is InChI=1S/C12H9NO3.C12H11NO.C12H11N.C10H8O.C10H8S.C9H7NO.2C9H7NS.C5H4O2.C5H4OS/c13-6-12(8-16-9-15)5-10-1-3-11(7-14)4-2-10;1-2-10(8-13)7-11-3-5-12(9-14)6-4-11;1-3-11(9-13)8-12-6-4-10(2)5-7-12;2*1-2-9-7-8-5-3-4-6-10(8)11-9;2*1-2-9-10-7-5-3-4-6-8(7)11-9;1-3-8(10-2)7-9-5-4-6-11-9;2*6-4-5-2-1-3-7-5/h1-5,7,9H,8H2;2-7,14H,1,9H2;3-8H,1H2,2H3;2*2-7H,1H2;2*2-6H,1H2;3-7H,1H2;2*1-4H/b12-5+;10-7-;11-8-;;;;;8-7-;;. The second kappa shape index (κ2) is 51.8. The van der Waals surface area contributed by atoms with Gasteiger partial charge in [0.1, 0.15) is 34.8 Å². The molecule has 0 saturated heterocycles. The van der Waals surface area contributed by atoms with Gasteiger partial charge in [0.2, 0.25) is 5.89 Å². The van der Waals surface area contributed by atoms with Gasteiger partial charge in [-0.15, -0.1) is 51.9 Å². The number of nitrogens with zero attached hydrogens (tertiary/aromatic N) is 6. The molecule has 19 heteroatoms. The van der Waals surface area contributed by atoms with Crippen molar-refractivity contribution in [3.63, 3.8) is 0 Å². The Morgan fingerprint density at radius 1 is 0.509 bits per heavy atom. The first-order chi connectivity index (χ1) is 54.7. The zero-order valence-corrected chi connectivity index (χ0v) is 64.3. The van der Waals surface area contributed by atoms with Crippen LogP contribution in [0.5, 0.6) is 0 Å². The van der Waals surface area contributed by atoms with E-state index >= 15 is 0 Å². The van der Waals surface area contributed by atoms with Gasteiger partial charge in [0, 0.05) is 25.4 Å². The maximum absolute atomic E-state index is 10.4. The third-order valence-electron chi connectivity index (χ3n) is 14.2. The van der Waals surface area contributed by atoms with Gasteiger partial charge in [0.25, 0.3) is 6.47 Å². The first-order valence-corrected chi connectivity index (χ1v) is 36.9. The number of oxazole rings is 1. The van der Waals surface area contributed by atoms with Gasteiger partial charge in [-0.1, -0.05) is 215 Å². The van der Waals surface area contributed by atoms with Gasteiger partial charge < -0.3 is 23.1 Å². The lowest BCUT2D eigenvalue weighted by Crippen LogP contribution is -1.94. The van der Waals surface area contributed by atoms with Crippen molar-refractivity contribution in [3.05, 3.63) is 404 Å². The van der Waals surface area contributed by atoms with E-state index < -0.39 is 0 Å². The van der Waals surface area contributed by atoms with Crippen LogP contribution in [-0.4, -0.2) is 47.0 Å². The molecular formula is C93H76N6O9S4. The Hall–Kier alpha value is -14.4. The molecule has 0 saturated carbocycles. The van der Waals surface area contributed by atoms with Gasteiger partial charge in [0.05, 0.1) is 69.5 Å². The fraction of sp³-hybridized carbons (Fsp3) is 0.0323. The Balaban J connectivity index is 0.000000224. The number of aromatic nitrogens is 2. The van der Waals surface area contributed by atoms with E-state index in [1.165, 1.54) is 48.9 Å². The Labute approximate surface area is 667 Å². The Morgan fingerprint density at radius 2 is 1.09 bits per heavy atom. The number of aryl methyl sites for hydroxylation is 1. The minimum absolute atomic E-state index is 0.0383. The van der Waals surface area contributed by atoms with E-state index in [1.54, 1.807) is 119 Å². The van der Waals surface area contributed by atoms with Gasteiger partial charge in [-0.3, -0.25) is 19.2 Å². The highest BCUT2D eigenvalue weighted by Crippen LogP contribution is 2.26. The topological polar surface area (TPSA) is 239 Å². The molecule has 556 valence electrons. The van der Waals surface area contributed by atoms with Crippen LogP contribution < -0.4 is 0 Å². The third kappa shape index (κ3) is 32.4. The van der Waals surface area contributed by atoms with Crippen molar-refractivity contribution in [2.45, 2.75) is 13.5 Å². The fourth-order valence-electron chi connectivity index (χ4n) is 8.65. The third-order valence-corrected chi connectivity index (χ3v) is 18.0. The van der Waals surface area contributed by atoms with Crippen molar-refractivity contribution >= 4 is 162 Å². The van der Waals surface area contributed by atoms with E-state index in [1.807, 2.05) is 188 Å². The molecule has 7 aromatic carbocycles. The number of hydrogen-bond donors (Lipinski definition) is 1. The molecule has 0 spiro atoms. The van der Waals surface area contributed by atoms with E-state index in [-0.39, 0.29) is 13.2 Å². The Morgan fingerprint density at radius 3 is 1.56 bits per heavy atom. The van der Waals surface area contributed by atoms with Crippen molar-refractivity contribution < 1.29 is 42.3 Å². The number of aliphatic hydroxyl groups is 1. The largest absolute Gasteiger partial charge is 0.462 e. The van der Waals surface area contributed by atoms with Crippen LogP contribution in [0.1, 0.15) is 84.8 Å². The van der Waals surface area contributed by atoms with Crippen molar-refractivity contribution in [2.75, 3.05) is 6.61 Å². The zero-order chi connectivity index (χ0) is 80.9. The van der Waals surface area contributed by atoms with Crippen LogP contribution in [-0.2, 0) is 16.1 Å². The predicted octanol–water partition coefficient (Wildman–Crippen LogP) is 24.8. The molecule has 0 atom stereocenters. The molecule has 7 aromatic heterocycles. The van der Waals surface area contributed by atoms with E-state index in [2.05, 4.69) is 112 Å². The summed E-state index contributed by atoms with van der Waals surface area (Å²) in [5.74, 6) is 1.78. The van der Waals surface area contributed by atoms with Crippen LogP contribution in [0, 0.1) is 47.5 Å². The molecule has 0 aliphatic carbocycles. The maximum atomic E-state index is 10.4. The number of fused-ring (bicyclic) bond motifs is 4. The molecule has 14 aromatic rings. The van der Waals surface area contributed by atoms with Crippen molar-refractivity contribution in [2.24, 2.45) is 0 Å². The summed E-state index contributed by atoms with van der Waals surface area (Å²) in [6.45, 7) is 34.3. The lowest BCUT2D eigenvalue weighted by Gasteiger charge is -1.97. The number of nitriles is 3. The highest BCUT2D eigenvalue weighted by atomic mass is 32.1. The number of para-hydroxylation sites is 4. The molecule has 0 radical (unpaired) electrons. The SMILES string of the molecule is C=C/C(C#N)=C/c1ccc(C)cc1.C=C/C(C#N)=C/c1ccc(CO)cc1.C=Cc1cc2ccccc2o1.C=Cc1cc2ccccc2s1.C=Cc1nc2ccccc2o1.C=Cc1nc2ccccc2s1.N#C/C(=C\c1ccc(C=O)cc1)COC=O.O=Cc1ccco1.O=Cc1cccs1.[C-]#[N+]/C(C=C)=C\c1cccs1. The quantitative estimate of drug-likeness (QED) is 0.0364. The smallest absolute Gasteiger partial charge is 0.293 e. The molecule has 0 unspecified atom stereocenters.